The van der Waals surface area contributed by atoms with Crippen LogP contribution >= 0.6 is 39.3 Å². The molecule has 0 aliphatic carbocycles. The predicted octanol–water partition coefficient (Wildman–Crippen LogP) is 6.89. The molecule has 0 saturated carbocycles. The van der Waals surface area contributed by atoms with Gasteiger partial charge in [-0.25, -0.2) is 9.29 Å². The number of hydrogen-bond acceptors (Lipinski definition) is 3. The number of benzene rings is 2. The molecule has 2 heterocycles. The first-order chi connectivity index (χ1) is 14.3. The Morgan fingerprint density at radius 1 is 1.07 bits per heavy atom. The summed E-state index contributed by atoms with van der Waals surface area (Å²) in [5.74, 6) is -0.757. The van der Waals surface area contributed by atoms with E-state index < -0.39 is 5.91 Å². The van der Waals surface area contributed by atoms with Gasteiger partial charge in [0.05, 0.1) is 16.3 Å². The van der Waals surface area contributed by atoms with Gasteiger partial charge in [0, 0.05) is 20.9 Å². The van der Waals surface area contributed by atoms with Crippen molar-refractivity contribution in [2.24, 2.45) is 0 Å². The Balaban J connectivity index is 1.71. The molecule has 8 heteroatoms. The lowest BCUT2D eigenvalue weighted by Crippen LogP contribution is -2.27. The molecule has 4 rings (SSSR count). The summed E-state index contributed by atoms with van der Waals surface area (Å²) >= 11 is 10.0. The Morgan fingerprint density at radius 2 is 1.77 bits per heavy atom. The zero-order chi connectivity index (χ0) is 21.6. The number of halogens is 3. The number of rotatable bonds is 3. The number of aryl methyl sites for hydroxylation is 1. The van der Waals surface area contributed by atoms with Gasteiger partial charge in [-0.15, -0.1) is 0 Å². The first-order valence-corrected chi connectivity index (χ1v) is 10.9. The lowest BCUT2D eigenvalue weighted by Gasteiger charge is -2.12. The second-order valence-electron chi connectivity index (χ2n) is 6.75. The predicted molar refractivity (Wildman–Crippen MR) is 123 cm³/mol. The van der Waals surface area contributed by atoms with Gasteiger partial charge in [0.1, 0.15) is 5.82 Å². The van der Waals surface area contributed by atoms with Gasteiger partial charge in [-0.1, -0.05) is 27.5 Å². The number of anilines is 1. The van der Waals surface area contributed by atoms with Crippen molar-refractivity contribution in [3.8, 4) is 5.69 Å². The molecule has 0 spiro atoms. The van der Waals surface area contributed by atoms with Crippen LogP contribution in [-0.4, -0.2) is 15.7 Å². The molecule has 1 aliphatic rings. The molecule has 4 nitrogen and oxygen atoms in total. The van der Waals surface area contributed by atoms with E-state index in [-0.39, 0.29) is 11.1 Å². The lowest BCUT2D eigenvalue weighted by molar-refractivity contribution is -0.113. The van der Waals surface area contributed by atoms with Crippen LogP contribution in [0.1, 0.15) is 17.0 Å². The second-order valence-corrected chi connectivity index (χ2v) is 9.10. The lowest BCUT2D eigenvalue weighted by atomic mass is 10.2. The summed E-state index contributed by atoms with van der Waals surface area (Å²) in [7, 11) is 0. The van der Waals surface area contributed by atoms with Crippen LogP contribution in [-0.2, 0) is 4.79 Å². The Kier molecular flexibility index (Phi) is 5.61. The molecule has 0 unspecified atom stereocenters. The van der Waals surface area contributed by atoms with Crippen LogP contribution in [0.15, 0.2) is 57.9 Å². The summed E-state index contributed by atoms with van der Waals surface area (Å²) < 4.78 is 16.9. The van der Waals surface area contributed by atoms with E-state index >= 15 is 0 Å². The third kappa shape index (κ3) is 3.73. The fourth-order valence-electron chi connectivity index (χ4n) is 3.39. The van der Waals surface area contributed by atoms with Crippen LogP contribution in [0.25, 0.3) is 11.8 Å². The first kappa shape index (κ1) is 20.9. The molecule has 0 N–H and O–H groups in total. The van der Waals surface area contributed by atoms with Crippen LogP contribution in [0, 0.1) is 19.7 Å². The molecule has 0 bridgehead atoms. The van der Waals surface area contributed by atoms with Gasteiger partial charge in [-0.3, -0.25) is 9.59 Å². The van der Waals surface area contributed by atoms with E-state index in [4.69, 9.17) is 11.6 Å². The van der Waals surface area contributed by atoms with Crippen molar-refractivity contribution >= 4 is 62.2 Å². The topological polar surface area (TPSA) is 42.3 Å². The van der Waals surface area contributed by atoms with E-state index in [9.17, 15) is 14.0 Å². The van der Waals surface area contributed by atoms with Crippen molar-refractivity contribution in [1.29, 1.82) is 0 Å². The minimum Gasteiger partial charge on any atom is -0.315 e. The monoisotopic (exact) mass is 504 g/mol. The molecular weight excluding hydrogens is 491 g/mol. The van der Waals surface area contributed by atoms with Crippen molar-refractivity contribution < 1.29 is 14.0 Å². The van der Waals surface area contributed by atoms with Gasteiger partial charge in [-0.2, -0.15) is 0 Å². The molecule has 152 valence electrons. The van der Waals surface area contributed by atoms with Crippen molar-refractivity contribution in [1.82, 2.24) is 4.57 Å². The van der Waals surface area contributed by atoms with E-state index in [0.29, 0.717) is 25.8 Å². The smallest absolute Gasteiger partial charge is 0.298 e. The van der Waals surface area contributed by atoms with E-state index in [1.165, 1.54) is 6.07 Å². The maximum atomic E-state index is 14.5. The van der Waals surface area contributed by atoms with Crippen LogP contribution < -0.4 is 4.90 Å². The van der Waals surface area contributed by atoms with Crippen molar-refractivity contribution in [2.75, 3.05) is 4.90 Å². The zero-order valence-electron chi connectivity index (χ0n) is 15.9. The summed E-state index contributed by atoms with van der Waals surface area (Å²) in [6.45, 7) is 3.72. The average molecular weight is 506 g/mol. The zero-order valence-corrected chi connectivity index (χ0v) is 19.1. The third-order valence-electron chi connectivity index (χ3n) is 4.79. The van der Waals surface area contributed by atoms with E-state index in [1.807, 2.05) is 19.9 Å². The first-order valence-electron chi connectivity index (χ1n) is 8.94. The molecule has 2 amide bonds. The largest absolute Gasteiger partial charge is 0.315 e. The molecule has 0 radical (unpaired) electrons. The fourth-order valence-corrected chi connectivity index (χ4v) is 4.68. The summed E-state index contributed by atoms with van der Waals surface area (Å²) in [5, 5.41) is 0.148. The Morgan fingerprint density at radius 3 is 2.43 bits per heavy atom. The number of thioether (sulfide) groups is 1. The molecule has 1 fully saturated rings. The van der Waals surface area contributed by atoms with Crippen LogP contribution in [0.3, 0.4) is 0 Å². The van der Waals surface area contributed by atoms with E-state index in [0.717, 1.165) is 33.6 Å². The number of imide groups is 1. The normalized spacial score (nSPS) is 15.5. The average Bonchev–Trinajstić information content (AvgIpc) is 3.12. The molecular formula is C22H15BrClFN2O2S. The highest BCUT2D eigenvalue weighted by Gasteiger charge is 2.36. The van der Waals surface area contributed by atoms with Crippen LogP contribution in [0.5, 0.6) is 0 Å². The minimum absolute atomic E-state index is 0.312. The number of carbonyl (C=O) groups excluding carboxylic acids is 2. The van der Waals surface area contributed by atoms with Gasteiger partial charge in [0.2, 0.25) is 0 Å². The maximum absolute atomic E-state index is 14.5. The summed E-state index contributed by atoms with van der Waals surface area (Å²) in [6.07, 6.45) is 1.68. The molecule has 1 saturated heterocycles. The molecule has 3 aromatic rings. The molecule has 1 aromatic heterocycles. The standard InChI is InChI=1S/C22H15BrClFN2O2S/c1-12-9-14(13(2)26(12)19-8-3-15(23)11-18(19)25)10-20-21(28)27(22(29)30-20)17-6-4-16(24)5-7-17/h3-11H,1-2H3/b20-10+. The van der Waals surface area contributed by atoms with Crippen molar-refractivity contribution in [2.45, 2.75) is 13.8 Å². The highest BCUT2D eigenvalue weighted by Crippen LogP contribution is 2.37. The van der Waals surface area contributed by atoms with Crippen molar-refractivity contribution in [3.05, 3.63) is 85.7 Å². The molecule has 30 heavy (non-hydrogen) atoms. The maximum Gasteiger partial charge on any atom is 0.298 e. The Labute approximate surface area is 190 Å². The number of aromatic nitrogens is 1. The highest BCUT2D eigenvalue weighted by atomic mass is 79.9. The van der Waals surface area contributed by atoms with Gasteiger partial charge in [0.15, 0.2) is 0 Å². The summed E-state index contributed by atoms with van der Waals surface area (Å²) in [5.41, 5.74) is 3.22. The number of hydrogen-bond donors (Lipinski definition) is 0. The highest BCUT2D eigenvalue weighted by molar-refractivity contribution is 9.10. The van der Waals surface area contributed by atoms with Crippen molar-refractivity contribution in [3.63, 3.8) is 0 Å². The summed E-state index contributed by atoms with van der Waals surface area (Å²) in [4.78, 5) is 26.8. The minimum atomic E-state index is -0.396. The Hall–Kier alpha value is -2.35. The molecule has 0 atom stereocenters. The number of amides is 2. The molecule has 2 aromatic carbocycles. The fraction of sp³-hybridized carbons (Fsp3) is 0.0909. The third-order valence-corrected chi connectivity index (χ3v) is 6.40. The van der Waals surface area contributed by atoms with Gasteiger partial charge in [0.25, 0.3) is 11.1 Å². The number of nitrogens with zero attached hydrogens (tertiary/aromatic N) is 2. The quantitative estimate of drug-likeness (QED) is 0.364. The second kappa shape index (κ2) is 8.06. The van der Waals surface area contributed by atoms with E-state index in [1.54, 1.807) is 47.0 Å². The van der Waals surface area contributed by atoms with Gasteiger partial charge < -0.3 is 4.57 Å². The van der Waals surface area contributed by atoms with E-state index in [2.05, 4.69) is 15.9 Å². The van der Waals surface area contributed by atoms with Gasteiger partial charge >= 0.3 is 0 Å². The van der Waals surface area contributed by atoms with Crippen LogP contribution in [0.2, 0.25) is 5.02 Å². The van der Waals surface area contributed by atoms with Gasteiger partial charge in [-0.05, 0) is 85.8 Å². The van der Waals surface area contributed by atoms with Crippen LogP contribution in [0.4, 0.5) is 14.9 Å². The Bertz CT molecular complexity index is 1220. The molecule has 1 aliphatic heterocycles. The summed E-state index contributed by atoms with van der Waals surface area (Å²) in [6, 6.07) is 13.3. The number of carbonyl (C=O) groups is 2. The SMILES string of the molecule is Cc1cc(/C=C2/SC(=O)N(c3ccc(Cl)cc3)C2=O)c(C)n1-c1ccc(Br)cc1F.